The highest BCUT2D eigenvalue weighted by Gasteiger charge is 2.59. The van der Waals surface area contributed by atoms with E-state index in [-0.39, 0.29) is 17.6 Å². The van der Waals surface area contributed by atoms with Crippen LogP contribution in [0.15, 0.2) is 86.0 Å². The summed E-state index contributed by atoms with van der Waals surface area (Å²) in [6.45, 7) is 10.8. The van der Waals surface area contributed by atoms with Crippen LogP contribution in [0.2, 0.25) is 0 Å². The second kappa shape index (κ2) is 14.6. The van der Waals surface area contributed by atoms with Crippen molar-refractivity contribution >= 4 is 26.5 Å². The third kappa shape index (κ3) is 6.45. The smallest absolute Gasteiger partial charge is 0.381 e. The molecule has 4 atom stereocenters. The standard InChI is InChI=1S/C46H48FN9O6S/c1-25-19-33(8-10-38(25)63(6,48)60)53-15-16-54(45(53)59)41-39-29(5)52(14-11-35(39)50-56(41)34-20-26(2)40(47)27(3)21-34)42(57)37-23-32-22-31(30-12-17-61-18-13-30)7-9-36(32)55(37)46(24-28(46)4)43-49-44(58)62-51-43/h7-10,15-16,19-23,28-30,48H,11-14,17-18,24H2,1-6H3,(H,49,51,58)/t28-,29-,46-,63?/m0/s1. The number of carbonyl (C=O) groups excluding carboxylic acids is 1. The van der Waals surface area contributed by atoms with Crippen LogP contribution in [-0.4, -0.2) is 74.7 Å². The maximum atomic E-state index is 15.4. The SMILES string of the molecule is Cc1cc(-n2ccn(-c3c4c(nn3-c3cc(C)c(F)c(C)c3)CCN(C(=O)c3cc5cc(C6CCOCC6)ccc5n3[C@@]3(c5noc(=O)[nH]5)C[C@@H]3C)[C@H]4C)c2=O)ccc1S(C)(=N)=O. The Morgan fingerprint density at radius 1 is 0.952 bits per heavy atom. The number of aromatic amines is 1. The third-order valence-corrected chi connectivity index (χ3v) is 14.8. The van der Waals surface area contributed by atoms with Gasteiger partial charge in [-0.1, -0.05) is 18.1 Å². The monoisotopic (exact) mass is 873 g/mol. The lowest BCUT2D eigenvalue weighted by Gasteiger charge is -2.34. The molecular formula is C46H48FN9O6S. The van der Waals surface area contributed by atoms with E-state index in [0.29, 0.717) is 100 Å². The predicted molar refractivity (Wildman–Crippen MR) is 234 cm³/mol. The van der Waals surface area contributed by atoms with Crippen molar-refractivity contribution in [2.24, 2.45) is 5.92 Å². The number of halogens is 1. The number of H-pyrrole nitrogens is 1. The molecule has 4 aromatic heterocycles. The maximum Gasteiger partial charge on any atom is 0.438 e. The van der Waals surface area contributed by atoms with Crippen molar-refractivity contribution < 1.29 is 22.7 Å². The van der Waals surface area contributed by atoms with E-state index >= 15 is 9.18 Å². The minimum Gasteiger partial charge on any atom is -0.381 e. The fourth-order valence-corrected chi connectivity index (χ4v) is 11.2. The van der Waals surface area contributed by atoms with E-state index in [2.05, 4.69) is 35.3 Å². The molecule has 0 bridgehead atoms. The lowest BCUT2D eigenvalue weighted by Crippen LogP contribution is -2.41. The summed E-state index contributed by atoms with van der Waals surface area (Å²) >= 11 is 0. The van der Waals surface area contributed by atoms with E-state index in [1.165, 1.54) is 21.0 Å². The van der Waals surface area contributed by atoms with Gasteiger partial charge in [-0.2, -0.15) is 5.10 Å². The third-order valence-electron chi connectivity index (χ3n) is 13.5. The fraction of sp³-hybridized carbons (Fsp3) is 0.370. The van der Waals surface area contributed by atoms with Crippen molar-refractivity contribution in [2.45, 2.75) is 82.7 Å². The molecular weight excluding hydrogens is 826 g/mol. The van der Waals surface area contributed by atoms with Crippen LogP contribution < -0.4 is 11.4 Å². The number of amides is 1. The molecule has 2 aliphatic heterocycles. The van der Waals surface area contributed by atoms with Crippen LogP contribution in [0.3, 0.4) is 0 Å². The summed E-state index contributed by atoms with van der Waals surface area (Å²) in [4.78, 5) is 47.5. The second-order valence-electron chi connectivity index (χ2n) is 17.6. The minimum atomic E-state index is -3.00. The van der Waals surface area contributed by atoms with E-state index in [9.17, 15) is 13.8 Å². The summed E-state index contributed by atoms with van der Waals surface area (Å²) < 4.78 is 53.2. The van der Waals surface area contributed by atoms with Crippen molar-refractivity contribution in [3.05, 3.63) is 139 Å². The fourth-order valence-electron chi connectivity index (χ4n) is 10.2. The molecule has 1 unspecified atom stereocenters. The van der Waals surface area contributed by atoms with Gasteiger partial charge in [0.25, 0.3) is 5.91 Å². The van der Waals surface area contributed by atoms with Gasteiger partial charge in [-0.3, -0.25) is 23.4 Å². The van der Waals surface area contributed by atoms with Gasteiger partial charge in [-0.05, 0) is 130 Å². The van der Waals surface area contributed by atoms with Gasteiger partial charge in [0, 0.05) is 66.2 Å². The molecule has 2 N–H and O–H groups in total. The second-order valence-corrected chi connectivity index (χ2v) is 19.7. The van der Waals surface area contributed by atoms with E-state index in [1.807, 2.05) is 22.5 Å². The first kappa shape index (κ1) is 40.7. The Bertz CT molecular complexity index is 3230. The molecule has 17 heteroatoms. The Morgan fingerprint density at radius 3 is 2.30 bits per heavy atom. The zero-order valence-electron chi connectivity index (χ0n) is 35.9. The summed E-state index contributed by atoms with van der Waals surface area (Å²) in [5, 5.41) is 10.1. The molecule has 3 aliphatic rings. The molecule has 63 heavy (non-hydrogen) atoms. The number of aromatic nitrogens is 7. The van der Waals surface area contributed by atoms with Crippen LogP contribution in [0, 0.1) is 37.3 Å². The highest BCUT2D eigenvalue weighted by Crippen LogP contribution is 2.56. The Morgan fingerprint density at radius 2 is 1.65 bits per heavy atom. The molecule has 326 valence electrons. The summed E-state index contributed by atoms with van der Waals surface area (Å²) in [6, 6.07) is 16.1. The Balaban J connectivity index is 1.12. The first-order valence-electron chi connectivity index (χ1n) is 21.2. The lowest BCUT2D eigenvalue weighted by molar-refractivity contribution is 0.0663. The average Bonchev–Trinajstić information content (AvgIpc) is 3.75. The van der Waals surface area contributed by atoms with E-state index in [0.717, 1.165) is 23.7 Å². The molecule has 7 aromatic rings. The van der Waals surface area contributed by atoms with Crippen LogP contribution in [0.25, 0.3) is 28.1 Å². The van der Waals surface area contributed by atoms with Gasteiger partial charge >= 0.3 is 11.4 Å². The molecule has 1 saturated carbocycles. The van der Waals surface area contributed by atoms with Gasteiger partial charge < -0.3 is 14.2 Å². The largest absolute Gasteiger partial charge is 0.438 e. The zero-order valence-corrected chi connectivity index (χ0v) is 36.7. The van der Waals surface area contributed by atoms with Gasteiger partial charge in [0.2, 0.25) is 0 Å². The topological polar surface area (TPSA) is 179 Å². The summed E-state index contributed by atoms with van der Waals surface area (Å²) in [6.07, 6.45) is 7.46. The summed E-state index contributed by atoms with van der Waals surface area (Å²) in [5.74, 6) is -0.124. The molecule has 2 fully saturated rings. The highest BCUT2D eigenvalue weighted by molar-refractivity contribution is 7.91. The summed E-state index contributed by atoms with van der Waals surface area (Å²) in [5.41, 5.74) is 5.08. The number of aryl methyl sites for hydroxylation is 3. The first-order chi connectivity index (χ1) is 30.1. The van der Waals surface area contributed by atoms with Crippen LogP contribution in [0.4, 0.5) is 4.39 Å². The first-order valence-corrected chi connectivity index (χ1v) is 23.2. The van der Waals surface area contributed by atoms with Crippen molar-refractivity contribution in [1.29, 1.82) is 4.78 Å². The van der Waals surface area contributed by atoms with Crippen LogP contribution in [0.1, 0.15) is 94.9 Å². The van der Waals surface area contributed by atoms with E-state index < -0.39 is 32.8 Å². The zero-order chi connectivity index (χ0) is 44.3. The van der Waals surface area contributed by atoms with Crippen LogP contribution in [0.5, 0.6) is 0 Å². The normalized spacial score (nSPS) is 21.2. The lowest BCUT2D eigenvalue weighted by atomic mass is 9.91. The highest BCUT2D eigenvalue weighted by atomic mass is 32.2. The summed E-state index contributed by atoms with van der Waals surface area (Å²) in [7, 11) is -3.00. The molecule has 10 rings (SSSR count). The van der Waals surface area contributed by atoms with Crippen molar-refractivity contribution in [3.8, 4) is 17.2 Å². The average molecular weight is 874 g/mol. The number of benzene rings is 3. The molecule has 15 nitrogen and oxygen atoms in total. The van der Waals surface area contributed by atoms with Crippen LogP contribution >= 0.6 is 0 Å². The molecule has 1 aliphatic carbocycles. The number of imidazole rings is 1. The Kier molecular flexibility index (Phi) is 9.45. The molecule has 0 radical (unpaired) electrons. The molecule has 6 heterocycles. The number of carbonyl (C=O) groups is 1. The molecule has 1 saturated heterocycles. The van der Waals surface area contributed by atoms with Crippen molar-refractivity contribution in [1.82, 2.24) is 38.5 Å². The van der Waals surface area contributed by atoms with Gasteiger partial charge in [0.15, 0.2) is 5.82 Å². The Hall–Kier alpha value is -6.33. The number of ether oxygens (including phenoxy) is 1. The van der Waals surface area contributed by atoms with Crippen molar-refractivity contribution in [2.75, 3.05) is 26.0 Å². The van der Waals surface area contributed by atoms with Crippen LogP contribution in [-0.2, 0) is 26.4 Å². The number of hydrogen-bond donors (Lipinski definition) is 2. The number of nitrogens with one attached hydrogen (secondary N) is 2. The van der Waals surface area contributed by atoms with Gasteiger partial charge in [-0.15, -0.1) is 0 Å². The molecule has 0 spiro atoms. The van der Waals surface area contributed by atoms with Gasteiger partial charge in [-0.25, -0.2) is 27.6 Å². The minimum absolute atomic E-state index is 0.0161. The quantitative estimate of drug-likeness (QED) is 0.164. The predicted octanol–water partition coefficient (Wildman–Crippen LogP) is 6.98. The van der Waals surface area contributed by atoms with E-state index in [4.69, 9.17) is 19.1 Å². The number of fused-ring (bicyclic) bond motifs is 2. The number of nitrogens with zero attached hydrogens (tertiary/aromatic N) is 7. The Labute approximate surface area is 362 Å². The molecule has 1 amide bonds. The van der Waals surface area contributed by atoms with Gasteiger partial charge in [0.1, 0.15) is 22.9 Å². The number of rotatable bonds is 8. The molecule has 3 aromatic carbocycles. The number of hydrogen-bond acceptors (Lipinski definition) is 9. The van der Waals surface area contributed by atoms with E-state index in [1.54, 1.807) is 68.2 Å². The van der Waals surface area contributed by atoms with Crippen molar-refractivity contribution in [3.63, 3.8) is 0 Å². The van der Waals surface area contributed by atoms with Gasteiger partial charge in [0.05, 0.1) is 32.8 Å². The maximum absolute atomic E-state index is 15.4.